The lowest BCUT2D eigenvalue weighted by atomic mass is 9.96. The summed E-state index contributed by atoms with van der Waals surface area (Å²) < 4.78 is 0. The Labute approximate surface area is 73.9 Å². The quantitative estimate of drug-likeness (QED) is 0.602. The van der Waals surface area contributed by atoms with Gasteiger partial charge >= 0.3 is 0 Å². The van der Waals surface area contributed by atoms with Gasteiger partial charge in [-0.25, -0.2) is 0 Å². The van der Waals surface area contributed by atoms with Crippen LogP contribution in [0.4, 0.5) is 0 Å². The molecule has 0 aromatic heterocycles. The van der Waals surface area contributed by atoms with Crippen LogP contribution in [0.2, 0.25) is 0 Å². The van der Waals surface area contributed by atoms with Crippen LogP contribution in [0.5, 0.6) is 0 Å². The summed E-state index contributed by atoms with van der Waals surface area (Å²) in [5.41, 5.74) is 0. The van der Waals surface area contributed by atoms with Crippen molar-refractivity contribution in [3.8, 4) is 0 Å². The molecule has 70 valence electrons. The maximum atomic E-state index is 11.3. The van der Waals surface area contributed by atoms with Gasteiger partial charge < -0.3 is 10.6 Å². The molecule has 1 heterocycles. The Morgan fingerprint density at radius 1 is 1.33 bits per heavy atom. The average Bonchev–Trinajstić information content (AvgIpc) is 2.02. The number of nitrogens with one attached hydrogen (secondary N) is 2. The van der Waals surface area contributed by atoms with Gasteiger partial charge in [-0.2, -0.15) is 0 Å². The van der Waals surface area contributed by atoms with Crippen LogP contribution in [0.15, 0.2) is 0 Å². The second-order valence-corrected chi connectivity index (χ2v) is 3.35. The highest BCUT2D eigenvalue weighted by Gasteiger charge is 2.17. The van der Waals surface area contributed by atoms with Gasteiger partial charge in [0.25, 0.3) is 0 Å². The van der Waals surface area contributed by atoms with Gasteiger partial charge in [-0.15, -0.1) is 0 Å². The molecule has 0 radical (unpaired) electrons. The topological polar surface area (TPSA) is 41.1 Å². The monoisotopic (exact) mass is 170 g/mol. The normalized spacial score (nSPS) is 25.6. The Kier molecular flexibility index (Phi) is 4.08. The van der Waals surface area contributed by atoms with E-state index in [4.69, 9.17) is 0 Å². The lowest BCUT2D eigenvalue weighted by Crippen LogP contribution is -2.32. The second-order valence-electron chi connectivity index (χ2n) is 3.35. The fraction of sp³-hybridized carbons (Fsp3) is 0.889. The van der Waals surface area contributed by atoms with Crippen LogP contribution in [-0.2, 0) is 4.79 Å². The zero-order valence-electron chi connectivity index (χ0n) is 7.73. The van der Waals surface area contributed by atoms with Crippen molar-refractivity contribution in [3.63, 3.8) is 0 Å². The highest BCUT2D eigenvalue weighted by atomic mass is 16.1. The third-order valence-corrected chi connectivity index (χ3v) is 2.44. The molecule has 2 N–H and O–H groups in total. The summed E-state index contributed by atoms with van der Waals surface area (Å²) >= 11 is 0. The van der Waals surface area contributed by atoms with E-state index in [0.717, 1.165) is 25.9 Å². The van der Waals surface area contributed by atoms with E-state index in [1.165, 1.54) is 12.8 Å². The van der Waals surface area contributed by atoms with Gasteiger partial charge in [-0.05, 0) is 32.4 Å². The third-order valence-electron chi connectivity index (χ3n) is 2.44. The van der Waals surface area contributed by atoms with E-state index in [1.54, 1.807) is 7.05 Å². The molecule has 0 saturated carbocycles. The Morgan fingerprint density at radius 3 is 2.92 bits per heavy atom. The second kappa shape index (κ2) is 5.14. The van der Waals surface area contributed by atoms with Crippen molar-refractivity contribution in [3.05, 3.63) is 0 Å². The number of hydrogen-bond acceptors (Lipinski definition) is 2. The predicted molar refractivity (Wildman–Crippen MR) is 48.9 cm³/mol. The molecule has 3 heteroatoms. The largest absolute Gasteiger partial charge is 0.359 e. The molecule has 1 amide bonds. The molecule has 12 heavy (non-hydrogen) atoms. The minimum absolute atomic E-state index is 0.207. The van der Waals surface area contributed by atoms with Crippen molar-refractivity contribution < 1.29 is 4.79 Å². The minimum atomic E-state index is 0.207. The Morgan fingerprint density at radius 2 is 2.17 bits per heavy atom. The zero-order chi connectivity index (χ0) is 8.81. The van der Waals surface area contributed by atoms with Crippen LogP contribution in [0, 0.1) is 5.92 Å². The highest BCUT2D eigenvalue weighted by Crippen LogP contribution is 2.14. The molecule has 0 aromatic carbocycles. The number of amides is 1. The molecule has 1 aliphatic rings. The maximum Gasteiger partial charge on any atom is 0.222 e. The number of carbonyl (C=O) groups is 1. The Balaban J connectivity index is 2.34. The standard InChI is InChI=1S/C9H18N2O/c1-10-9(12)8-4-2-3-6-11-7-5-8/h8,11H,2-7H2,1H3,(H,10,12). The van der Waals surface area contributed by atoms with Crippen molar-refractivity contribution in [2.75, 3.05) is 20.1 Å². The lowest BCUT2D eigenvalue weighted by Gasteiger charge is -2.18. The van der Waals surface area contributed by atoms with Gasteiger partial charge in [0.15, 0.2) is 0 Å². The fourth-order valence-electron chi connectivity index (χ4n) is 1.65. The van der Waals surface area contributed by atoms with Crippen LogP contribution in [-0.4, -0.2) is 26.0 Å². The van der Waals surface area contributed by atoms with E-state index in [0.29, 0.717) is 0 Å². The average molecular weight is 170 g/mol. The van der Waals surface area contributed by atoms with Gasteiger partial charge in [0, 0.05) is 13.0 Å². The molecule has 1 unspecified atom stereocenters. The Hall–Kier alpha value is -0.570. The highest BCUT2D eigenvalue weighted by molar-refractivity contribution is 5.78. The van der Waals surface area contributed by atoms with E-state index in [2.05, 4.69) is 10.6 Å². The van der Waals surface area contributed by atoms with E-state index in [9.17, 15) is 4.79 Å². The van der Waals surface area contributed by atoms with Crippen molar-refractivity contribution in [1.82, 2.24) is 10.6 Å². The minimum Gasteiger partial charge on any atom is -0.359 e. The van der Waals surface area contributed by atoms with E-state index >= 15 is 0 Å². The smallest absolute Gasteiger partial charge is 0.222 e. The predicted octanol–water partition coefficient (Wildman–Crippen LogP) is 0.512. The summed E-state index contributed by atoms with van der Waals surface area (Å²) in [6.45, 7) is 2.10. The number of carbonyl (C=O) groups excluding carboxylic acids is 1. The first-order chi connectivity index (χ1) is 5.84. The van der Waals surface area contributed by atoms with Crippen LogP contribution < -0.4 is 10.6 Å². The van der Waals surface area contributed by atoms with Crippen molar-refractivity contribution in [2.24, 2.45) is 5.92 Å². The summed E-state index contributed by atoms with van der Waals surface area (Å²) in [5, 5.41) is 6.03. The molecule has 0 aromatic rings. The van der Waals surface area contributed by atoms with Gasteiger partial charge in [0.2, 0.25) is 5.91 Å². The summed E-state index contributed by atoms with van der Waals surface area (Å²) in [6, 6.07) is 0. The van der Waals surface area contributed by atoms with E-state index < -0.39 is 0 Å². The first-order valence-corrected chi connectivity index (χ1v) is 4.77. The van der Waals surface area contributed by atoms with Crippen LogP contribution in [0.25, 0.3) is 0 Å². The first kappa shape index (κ1) is 9.52. The molecule has 0 bridgehead atoms. The lowest BCUT2D eigenvalue weighted by molar-refractivity contribution is -0.125. The summed E-state index contributed by atoms with van der Waals surface area (Å²) in [6.07, 6.45) is 4.42. The van der Waals surface area contributed by atoms with Gasteiger partial charge in [-0.3, -0.25) is 4.79 Å². The van der Waals surface area contributed by atoms with Crippen molar-refractivity contribution >= 4 is 5.91 Å². The van der Waals surface area contributed by atoms with Crippen LogP contribution in [0.1, 0.15) is 25.7 Å². The molecule has 1 rings (SSSR count). The van der Waals surface area contributed by atoms with Crippen molar-refractivity contribution in [1.29, 1.82) is 0 Å². The van der Waals surface area contributed by atoms with Crippen LogP contribution in [0.3, 0.4) is 0 Å². The number of rotatable bonds is 1. The number of hydrogen-bond donors (Lipinski definition) is 2. The molecule has 3 nitrogen and oxygen atoms in total. The van der Waals surface area contributed by atoms with Crippen molar-refractivity contribution in [2.45, 2.75) is 25.7 Å². The van der Waals surface area contributed by atoms with Gasteiger partial charge in [-0.1, -0.05) is 6.42 Å². The Bertz CT molecular complexity index is 139. The van der Waals surface area contributed by atoms with E-state index in [-0.39, 0.29) is 11.8 Å². The zero-order valence-corrected chi connectivity index (χ0v) is 7.73. The summed E-state index contributed by atoms with van der Waals surface area (Å²) in [7, 11) is 1.72. The van der Waals surface area contributed by atoms with Gasteiger partial charge in [0.1, 0.15) is 0 Å². The van der Waals surface area contributed by atoms with Crippen LogP contribution >= 0.6 is 0 Å². The summed E-state index contributed by atoms with van der Waals surface area (Å²) in [5.74, 6) is 0.446. The molecule has 1 fully saturated rings. The molecule has 1 saturated heterocycles. The van der Waals surface area contributed by atoms with Gasteiger partial charge in [0.05, 0.1) is 0 Å². The SMILES string of the molecule is CNC(=O)C1CCCCNCC1. The third kappa shape index (κ3) is 2.81. The molecule has 1 aliphatic heterocycles. The maximum absolute atomic E-state index is 11.3. The van der Waals surface area contributed by atoms with E-state index in [1.807, 2.05) is 0 Å². The first-order valence-electron chi connectivity index (χ1n) is 4.77. The molecule has 1 atom stereocenters. The molecule has 0 aliphatic carbocycles. The molecular formula is C9H18N2O. The molecule has 0 spiro atoms. The summed E-state index contributed by atoms with van der Waals surface area (Å²) in [4.78, 5) is 11.3. The molecular weight excluding hydrogens is 152 g/mol. The fourth-order valence-corrected chi connectivity index (χ4v) is 1.65.